The van der Waals surface area contributed by atoms with E-state index in [2.05, 4.69) is 30.8 Å². The third-order valence-corrected chi connectivity index (χ3v) is 5.09. The summed E-state index contributed by atoms with van der Waals surface area (Å²) < 4.78 is 5.81. The first kappa shape index (κ1) is 19.6. The van der Waals surface area contributed by atoms with Gasteiger partial charge in [0.1, 0.15) is 5.58 Å². The number of H-pyrrole nitrogens is 1. The van der Waals surface area contributed by atoms with Gasteiger partial charge < -0.3 is 9.40 Å². The Morgan fingerprint density at radius 2 is 1.93 bits per heavy atom. The van der Waals surface area contributed by atoms with Crippen LogP contribution in [0.1, 0.15) is 27.5 Å². The first-order valence-corrected chi connectivity index (χ1v) is 10.1. The van der Waals surface area contributed by atoms with Crippen LogP contribution in [-0.4, -0.2) is 25.8 Å². The fraction of sp³-hybridized carbons (Fsp3) is 0.150. The number of rotatable bonds is 6. The molecule has 4 aromatic rings. The van der Waals surface area contributed by atoms with Gasteiger partial charge in [-0.25, -0.2) is 15.0 Å². The number of carbonyl (C=O) groups excluding carboxylic acids is 1. The summed E-state index contributed by atoms with van der Waals surface area (Å²) in [5, 5.41) is 1.27. The second kappa shape index (κ2) is 8.37. The molecule has 0 atom stereocenters. The maximum absolute atomic E-state index is 12.8. The van der Waals surface area contributed by atoms with Crippen LogP contribution in [0.5, 0.6) is 0 Å². The Labute approximate surface area is 175 Å². The van der Waals surface area contributed by atoms with Crippen LogP contribution in [0.25, 0.3) is 11.0 Å². The highest BCUT2D eigenvalue weighted by atomic mass is 32.2. The lowest BCUT2D eigenvalue weighted by molar-refractivity contribution is 0.0936. The molecule has 0 saturated carbocycles. The van der Waals surface area contributed by atoms with E-state index in [4.69, 9.17) is 4.42 Å². The molecule has 0 fully saturated rings. The highest BCUT2D eigenvalue weighted by molar-refractivity contribution is 7.98. The van der Waals surface area contributed by atoms with E-state index in [-0.39, 0.29) is 11.3 Å². The minimum atomic E-state index is -0.459. The molecule has 30 heavy (non-hydrogen) atoms. The van der Waals surface area contributed by atoms with Crippen LogP contribution < -0.4 is 16.4 Å². The first-order valence-electron chi connectivity index (χ1n) is 9.07. The molecule has 0 bridgehead atoms. The van der Waals surface area contributed by atoms with E-state index in [1.54, 1.807) is 6.07 Å². The predicted octanol–water partition coefficient (Wildman–Crippen LogP) is 2.97. The second-order valence-corrected chi connectivity index (χ2v) is 7.45. The van der Waals surface area contributed by atoms with Crippen molar-refractivity contribution in [2.75, 3.05) is 5.43 Å². The number of furan rings is 1. The van der Waals surface area contributed by atoms with E-state index >= 15 is 0 Å². The van der Waals surface area contributed by atoms with Gasteiger partial charge in [-0.15, -0.1) is 0 Å². The molecule has 3 N–H and O–H groups in total. The topological polar surface area (TPSA) is 126 Å². The molecule has 0 unspecified atom stereocenters. The summed E-state index contributed by atoms with van der Waals surface area (Å²) >= 11 is 1.31. The van der Waals surface area contributed by atoms with Gasteiger partial charge in [0.15, 0.2) is 10.9 Å². The Morgan fingerprint density at radius 1 is 1.17 bits per heavy atom. The Bertz CT molecular complexity index is 1260. The van der Waals surface area contributed by atoms with Crippen molar-refractivity contribution in [1.29, 1.82) is 0 Å². The quantitative estimate of drug-likeness (QED) is 0.246. The number of aromatic amines is 1. The number of anilines is 1. The van der Waals surface area contributed by atoms with Crippen LogP contribution in [0, 0.1) is 13.8 Å². The standard InChI is InChI=1S/C20H18N6O3S/c1-11-9-12(2)23-19(22-11)26-25-18(28)17-14(13-5-3-4-6-15(13)29-17)10-30-20-21-8-7-16(27)24-20/h3-9H,10H2,1-2H3,(H,25,28)(H,21,24,27)(H,22,23,26). The molecular weight excluding hydrogens is 404 g/mol. The molecule has 1 amide bonds. The lowest BCUT2D eigenvalue weighted by Crippen LogP contribution is -2.30. The third-order valence-electron chi connectivity index (χ3n) is 4.18. The molecule has 9 nitrogen and oxygen atoms in total. The number of aromatic nitrogens is 4. The van der Waals surface area contributed by atoms with Crippen LogP contribution in [0.2, 0.25) is 0 Å². The van der Waals surface area contributed by atoms with Crippen LogP contribution in [0.15, 0.2) is 57.0 Å². The van der Waals surface area contributed by atoms with Crippen molar-refractivity contribution in [3.8, 4) is 0 Å². The van der Waals surface area contributed by atoms with E-state index in [1.165, 1.54) is 24.0 Å². The summed E-state index contributed by atoms with van der Waals surface area (Å²) in [6, 6.07) is 10.6. The number of para-hydroxylation sites is 1. The van der Waals surface area contributed by atoms with E-state index in [0.29, 0.717) is 28.0 Å². The zero-order valence-electron chi connectivity index (χ0n) is 16.2. The molecule has 0 aliphatic heterocycles. The maximum atomic E-state index is 12.8. The summed E-state index contributed by atoms with van der Waals surface area (Å²) in [6.07, 6.45) is 1.44. The normalized spacial score (nSPS) is 10.9. The molecule has 0 saturated heterocycles. The molecule has 0 aliphatic carbocycles. The molecule has 0 aliphatic rings. The lowest BCUT2D eigenvalue weighted by atomic mass is 10.1. The van der Waals surface area contributed by atoms with Crippen LogP contribution in [0.4, 0.5) is 5.95 Å². The number of benzene rings is 1. The van der Waals surface area contributed by atoms with Gasteiger partial charge in [-0.05, 0) is 26.0 Å². The Kier molecular flexibility index (Phi) is 5.48. The highest BCUT2D eigenvalue weighted by Gasteiger charge is 2.21. The van der Waals surface area contributed by atoms with Gasteiger partial charge in [0.2, 0.25) is 5.95 Å². The number of thioether (sulfide) groups is 1. The minimum Gasteiger partial charge on any atom is -0.451 e. The van der Waals surface area contributed by atoms with Crippen molar-refractivity contribution >= 4 is 34.6 Å². The van der Waals surface area contributed by atoms with Crippen LogP contribution >= 0.6 is 11.8 Å². The van der Waals surface area contributed by atoms with Crippen molar-refractivity contribution in [3.63, 3.8) is 0 Å². The van der Waals surface area contributed by atoms with Gasteiger partial charge in [-0.1, -0.05) is 30.0 Å². The minimum absolute atomic E-state index is 0.166. The van der Waals surface area contributed by atoms with E-state index in [1.807, 2.05) is 38.1 Å². The van der Waals surface area contributed by atoms with E-state index < -0.39 is 5.91 Å². The van der Waals surface area contributed by atoms with E-state index in [9.17, 15) is 9.59 Å². The Hall–Kier alpha value is -3.66. The number of fused-ring (bicyclic) bond motifs is 1. The van der Waals surface area contributed by atoms with Gasteiger partial charge in [-0.3, -0.25) is 20.4 Å². The van der Waals surface area contributed by atoms with Gasteiger partial charge in [0.25, 0.3) is 5.56 Å². The SMILES string of the molecule is Cc1cc(C)nc(NNC(=O)c2oc3ccccc3c2CSc2nccc(=O)[nH]2)n1. The van der Waals surface area contributed by atoms with Crippen molar-refractivity contribution in [2.24, 2.45) is 0 Å². The fourth-order valence-electron chi connectivity index (χ4n) is 2.94. The average molecular weight is 422 g/mol. The molecule has 10 heteroatoms. The van der Waals surface area contributed by atoms with Gasteiger partial charge in [0.05, 0.1) is 0 Å². The first-order chi connectivity index (χ1) is 14.5. The number of hydrazine groups is 1. The smallest absolute Gasteiger partial charge is 0.305 e. The molecule has 3 aromatic heterocycles. The van der Waals surface area contributed by atoms with Crippen molar-refractivity contribution < 1.29 is 9.21 Å². The van der Waals surface area contributed by atoms with E-state index in [0.717, 1.165) is 16.8 Å². The average Bonchev–Trinajstić information content (AvgIpc) is 3.08. The van der Waals surface area contributed by atoms with Crippen LogP contribution in [-0.2, 0) is 5.75 Å². The number of nitrogens with one attached hydrogen (secondary N) is 3. The third kappa shape index (κ3) is 4.33. The Morgan fingerprint density at radius 3 is 2.70 bits per heavy atom. The van der Waals surface area contributed by atoms with Gasteiger partial charge >= 0.3 is 5.91 Å². The number of amides is 1. The summed E-state index contributed by atoms with van der Waals surface area (Å²) in [5.41, 5.74) is 7.93. The van der Waals surface area contributed by atoms with Gasteiger partial charge in [0, 0.05) is 40.4 Å². The molecule has 0 spiro atoms. The number of carbonyl (C=O) groups is 1. The molecule has 1 aromatic carbocycles. The molecule has 4 rings (SSSR count). The fourth-order valence-corrected chi connectivity index (χ4v) is 3.82. The summed E-state index contributed by atoms with van der Waals surface area (Å²) in [7, 11) is 0. The molecule has 3 heterocycles. The zero-order chi connectivity index (χ0) is 21.1. The van der Waals surface area contributed by atoms with Crippen LogP contribution in [0.3, 0.4) is 0 Å². The largest absolute Gasteiger partial charge is 0.451 e. The van der Waals surface area contributed by atoms with Crippen molar-refractivity contribution in [2.45, 2.75) is 24.8 Å². The number of hydrogen-bond acceptors (Lipinski definition) is 8. The lowest BCUT2D eigenvalue weighted by Gasteiger charge is -2.08. The number of aryl methyl sites for hydroxylation is 2. The number of hydrogen-bond donors (Lipinski definition) is 3. The van der Waals surface area contributed by atoms with Gasteiger partial charge in [-0.2, -0.15) is 0 Å². The van der Waals surface area contributed by atoms with Crippen molar-refractivity contribution in [3.05, 3.63) is 75.7 Å². The predicted molar refractivity (Wildman–Crippen MR) is 113 cm³/mol. The Balaban J connectivity index is 1.58. The highest BCUT2D eigenvalue weighted by Crippen LogP contribution is 2.30. The number of nitrogens with zero attached hydrogens (tertiary/aromatic N) is 3. The molecule has 152 valence electrons. The molecule has 0 radical (unpaired) electrons. The zero-order valence-corrected chi connectivity index (χ0v) is 17.0. The monoisotopic (exact) mass is 422 g/mol. The molecular formula is C20H18N6O3S. The second-order valence-electron chi connectivity index (χ2n) is 6.49. The summed E-state index contributed by atoms with van der Waals surface area (Å²) in [5.74, 6) is 0.379. The summed E-state index contributed by atoms with van der Waals surface area (Å²) in [6.45, 7) is 3.69. The summed E-state index contributed by atoms with van der Waals surface area (Å²) in [4.78, 5) is 39.6. The van der Waals surface area contributed by atoms with Crippen molar-refractivity contribution in [1.82, 2.24) is 25.4 Å². The maximum Gasteiger partial charge on any atom is 0.305 e.